The number of benzene rings is 2. The smallest absolute Gasteiger partial charge is 0.356 e. The number of hydrogen-bond acceptors (Lipinski definition) is 4. The lowest BCUT2D eigenvalue weighted by Gasteiger charge is -2.26. The Hall–Kier alpha value is -2.35. The van der Waals surface area contributed by atoms with Gasteiger partial charge in [-0.1, -0.05) is 51.3 Å². The molecule has 0 saturated heterocycles. The number of amides is 1. The molecule has 2 aromatic carbocycles. The van der Waals surface area contributed by atoms with E-state index in [4.69, 9.17) is 27.9 Å². The molecule has 1 aromatic heterocycles. The van der Waals surface area contributed by atoms with E-state index >= 15 is 0 Å². The summed E-state index contributed by atoms with van der Waals surface area (Å²) in [5.41, 5.74) is 0.477. The van der Waals surface area contributed by atoms with E-state index in [1.165, 1.54) is 18.2 Å². The van der Waals surface area contributed by atoms with Crippen LogP contribution >= 0.6 is 39.1 Å². The van der Waals surface area contributed by atoms with E-state index in [9.17, 15) is 9.59 Å². The van der Waals surface area contributed by atoms with E-state index in [2.05, 4.69) is 20.9 Å². The van der Waals surface area contributed by atoms with Crippen molar-refractivity contribution in [2.45, 2.75) is 18.9 Å². The van der Waals surface area contributed by atoms with Crippen LogP contribution < -0.4 is 4.90 Å². The second-order valence-electron chi connectivity index (χ2n) is 7.12. The minimum atomic E-state index is -1.11. The first-order chi connectivity index (χ1) is 14.2. The molecule has 154 valence electrons. The molecule has 0 spiro atoms. The van der Waals surface area contributed by atoms with Crippen molar-refractivity contribution in [2.24, 2.45) is 0 Å². The van der Waals surface area contributed by atoms with E-state index < -0.39 is 11.5 Å². The molecular weight excluding hydrogens is 493 g/mol. The van der Waals surface area contributed by atoms with Crippen molar-refractivity contribution in [3.8, 4) is 0 Å². The van der Waals surface area contributed by atoms with Gasteiger partial charge in [0.05, 0.1) is 19.0 Å². The summed E-state index contributed by atoms with van der Waals surface area (Å²) >= 11 is 15.8. The third kappa shape index (κ3) is 3.41. The number of ether oxygens (including phenoxy) is 1. The van der Waals surface area contributed by atoms with E-state index in [1.807, 2.05) is 24.3 Å². The van der Waals surface area contributed by atoms with Crippen LogP contribution in [-0.2, 0) is 21.5 Å². The Bertz CT molecular complexity index is 1140. The first-order valence-corrected chi connectivity index (χ1v) is 10.5. The first-order valence-electron chi connectivity index (χ1n) is 8.96. The van der Waals surface area contributed by atoms with Gasteiger partial charge in [-0.15, -0.1) is 0 Å². The van der Waals surface area contributed by atoms with Crippen LogP contribution in [0.3, 0.4) is 0 Å². The van der Waals surface area contributed by atoms with Crippen molar-refractivity contribution in [3.05, 3.63) is 74.4 Å². The van der Waals surface area contributed by atoms with Crippen molar-refractivity contribution in [2.75, 3.05) is 12.0 Å². The van der Waals surface area contributed by atoms with Crippen LogP contribution in [0.5, 0.6) is 0 Å². The van der Waals surface area contributed by atoms with Gasteiger partial charge in [0.2, 0.25) is 5.95 Å². The van der Waals surface area contributed by atoms with Gasteiger partial charge in [-0.25, -0.2) is 14.7 Å². The Morgan fingerprint density at radius 2 is 1.80 bits per heavy atom. The monoisotopic (exact) mass is 507 g/mol. The maximum absolute atomic E-state index is 13.7. The van der Waals surface area contributed by atoms with Crippen LogP contribution in [0, 0.1) is 0 Å². The minimum Gasteiger partial charge on any atom is -0.464 e. The number of nitrogens with zero attached hydrogens (tertiary/aromatic N) is 3. The van der Waals surface area contributed by atoms with Gasteiger partial charge in [0, 0.05) is 20.9 Å². The molecular formula is C21H16BrCl2N3O3. The Labute approximate surface area is 191 Å². The number of rotatable bonds is 4. The highest BCUT2D eigenvalue weighted by atomic mass is 79.9. The van der Waals surface area contributed by atoms with Crippen LogP contribution in [0.25, 0.3) is 0 Å². The largest absolute Gasteiger partial charge is 0.464 e. The molecule has 0 N–H and O–H groups in total. The fourth-order valence-electron chi connectivity index (χ4n) is 3.72. The Morgan fingerprint density at radius 3 is 2.40 bits per heavy atom. The number of methoxy groups -OCH3 is 1. The molecule has 4 rings (SSSR count). The third-order valence-corrected chi connectivity index (χ3v) is 6.03. The number of esters is 1. The second-order valence-corrected chi connectivity index (χ2v) is 8.90. The quantitative estimate of drug-likeness (QED) is 0.444. The van der Waals surface area contributed by atoms with Gasteiger partial charge in [0.15, 0.2) is 0 Å². The van der Waals surface area contributed by atoms with Gasteiger partial charge < -0.3 is 4.74 Å². The Kier molecular flexibility index (Phi) is 5.38. The van der Waals surface area contributed by atoms with Crippen LogP contribution in [-0.4, -0.2) is 28.5 Å². The summed E-state index contributed by atoms with van der Waals surface area (Å²) in [5, 5.41) is 0.774. The maximum Gasteiger partial charge on any atom is 0.356 e. The van der Waals surface area contributed by atoms with Gasteiger partial charge in [0.25, 0.3) is 5.91 Å². The minimum absolute atomic E-state index is 0.191. The molecule has 6 nitrogen and oxygen atoms in total. The molecule has 1 amide bonds. The fourth-order valence-corrected chi connectivity index (χ4v) is 4.50. The van der Waals surface area contributed by atoms with Crippen molar-refractivity contribution in [1.82, 2.24) is 9.55 Å². The number of anilines is 2. The molecule has 0 fully saturated rings. The van der Waals surface area contributed by atoms with Crippen LogP contribution in [0.1, 0.15) is 23.0 Å². The van der Waals surface area contributed by atoms with E-state index in [0.29, 0.717) is 28.1 Å². The zero-order valence-corrected chi connectivity index (χ0v) is 19.1. The third-order valence-electron chi connectivity index (χ3n) is 5.06. The summed E-state index contributed by atoms with van der Waals surface area (Å²) in [5.74, 6) is -0.523. The van der Waals surface area contributed by atoms with Crippen LogP contribution in [0.15, 0.2) is 53.1 Å². The molecule has 1 atom stereocenters. The molecule has 1 aliphatic heterocycles. The maximum atomic E-state index is 13.7. The summed E-state index contributed by atoms with van der Waals surface area (Å²) in [4.78, 5) is 31.9. The SMILES string of the molecule is COC(=O)c1cnc2n1C(C)(Cc1ccc(Br)cc1)C(=O)N2c1cc(Cl)cc(Cl)c1. The summed E-state index contributed by atoms with van der Waals surface area (Å²) in [6.45, 7) is 1.78. The van der Waals surface area contributed by atoms with E-state index in [-0.39, 0.29) is 11.6 Å². The summed E-state index contributed by atoms with van der Waals surface area (Å²) in [6, 6.07) is 12.5. The number of carbonyl (C=O) groups is 2. The van der Waals surface area contributed by atoms with Crippen LogP contribution in [0.2, 0.25) is 10.0 Å². The van der Waals surface area contributed by atoms with Gasteiger partial charge in [-0.2, -0.15) is 0 Å². The molecule has 0 radical (unpaired) electrons. The number of hydrogen-bond donors (Lipinski definition) is 0. The lowest BCUT2D eigenvalue weighted by Crippen LogP contribution is -2.42. The molecule has 0 aliphatic carbocycles. The highest BCUT2D eigenvalue weighted by Crippen LogP contribution is 2.43. The average Bonchev–Trinajstić information content (AvgIpc) is 3.21. The summed E-state index contributed by atoms with van der Waals surface area (Å²) < 4.78 is 7.47. The molecule has 3 aromatic rings. The topological polar surface area (TPSA) is 64.4 Å². The summed E-state index contributed by atoms with van der Waals surface area (Å²) in [7, 11) is 1.29. The van der Waals surface area contributed by atoms with E-state index in [0.717, 1.165) is 10.0 Å². The molecule has 30 heavy (non-hydrogen) atoms. The number of fused-ring (bicyclic) bond motifs is 1. The predicted octanol–water partition coefficient (Wildman–Crippen LogP) is 5.38. The standard InChI is InChI=1S/C21H16BrCl2N3O3/c1-21(10-12-3-5-13(22)6-4-12)19(29)26(16-8-14(23)7-15(24)9-16)20-25-11-17(27(20)21)18(28)30-2/h3-9,11H,10H2,1-2H3. The van der Waals surface area contributed by atoms with Gasteiger partial charge in [-0.3, -0.25) is 9.36 Å². The Balaban J connectivity index is 1.89. The van der Waals surface area contributed by atoms with E-state index in [1.54, 1.807) is 29.7 Å². The number of halogens is 3. The van der Waals surface area contributed by atoms with Gasteiger partial charge in [-0.05, 0) is 42.8 Å². The molecule has 2 heterocycles. The molecule has 1 unspecified atom stereocenters. The average molecular weight is 509 g/mol. The summed E-state index contributed by atoms with van der Waals surface area (Å²) in [6.07, 6.45) is 1.75. The normalized spacial score (nSPS) is 17.9. The second kappa shape index (κ2) is 7.72. The predicted molar refractivity (Wildman–Crippen MR) is 119 cm³/mol. The molecule has 0 saturated carbocycles. The van der Waals surface area contributed by atoms with Crippen molar-refractivity contribution < 1.29 is 14.3 Å². The number of aromatic nitrogens is 2. The van der Waals surface area contributed by atoms with Gasteiger partial charge in [0.1, 0.15) is 11.2 Å². The highest BCUT2D eigenvalue weighted by Gasteiger charge is 2.51. The van der Waals surface area contributed by atoms with Crippen molar-refractivity contribution in [1.29, 1.82) is 0 Å². The van der Waals surface area contributed by atoms with Crippen LogP contribution in [0.4, 0.5) is 11.6 Å². The lowest BCUT2D eigenvalue weighted by atomic mass is 9.91. The first kappa shape index (κ1) is 20.9. The number of imidazole rings is 1. The van der Waals surface area contributed by atoms with Crippen molar-refractivity contribution in [3.63, 3.8) is 0 Å². The Morgan fingerprint density at radius 1 is 1.17 bits per heavy atom. The van der Waals surface area contributed by atoms with Gasteiger partial charge >= 0.3 is 5.97 Å². The fraction of sp³-hybridized carbons (Fsp3) is 0.190. The zero-order valence-electron chi connectivity index (χ0n) is 16.0. The lowest BCUT2D eigenvalue weighted by molar-refractivity contribution is -0.123. The zero-order chi connectivity index (χ0) is 21.6. The molecule has 9 heteroatoms. The molecule has 0 bridgehead atoms. The van der Waals surface area contributed by atoms with Crippen molar-refractivity contribution >= 4 is 62.6 Å². The molecule has 1 aliphatic rings. The number of carbonyl (C=O) groups excluding carboxylic acids is 2. The highest BCUT2D eigenvalue weighted by molar-refractivity contribution is 9.10.